The highest BCUT2D eigenvalue weighted by Crippen LogP contribution is 2.31. The number of alkyl halides is 3. The van der Waals surface area contributed by atoms with Crippen LogP contribution in [0.15, 0.2) is 30.5 Å². The molecule has 1 aliphatic heterocycles. The fourth-order valence-electron chi connectivity index (χ4n) is 3.13. The molecular weight excluding hydrogens is 321 g/mol. The SMILES string of the molecule is COC1CCCN(c2ccnc3cc(OC(F)(F)F)ccc23)CC1. The number of ether oxygens (including phenoxy) is 2. The Kier molecular flexibility index (Phi) is 4.80. The van der Waals surface area contributed by atoms with Gasteiger partial charge in [-0.2, -0.15) is 0 Å². The van der Waals surface area contributed by atoms with E-state index in [0.717, 1.165) is 43.4 Å². The number of benzene rings is 1. The van der Waals surface area contributed by atoms with Crippen LogP contribution in [-0.2, 0) is 4.74 Å². The molecule has 1 unspecified atom stereocenters. The van der Waals surface area contributed by atoms with Crippen LogP contribution in [0.3, 0.4) is 0 Å². The first-order valence-corrected chi connectivity index (χ1v) is 7.88. The van der Waals surface area contributed by atoms with Gasteiger partial charge in [-0.05, 0) is 37.5 Å². The third-order valence-corrected chi connectivity index (χ3v) is 4.27. The summed E-state index contributed by atoms with van der Waals surface area (Å²) in [5.74, 6) is -0.255. The molecule has 130 valence electrons. The van der Waals surface area contributed by atoms with E-state index in [9.17, 15) is 13.2 Å². The van der Waals surface area contributed by atoms with Crippen molar-refractivity contribution in [1.29, 1.82) is 0 Å². The van der Waals surface area contributed by atoms with E-state index in [0.29, 0.717) is 5.52 Å². The molecule has 0 bridgehead atoms. The first-order valence-electron chi connectivity index (χ1n) is 7.88. The molecule has 2 aromatic rings. The molecule has 0 saturated carbocycles. The largest absolute Gasteiger partial charge is 0.573 e. The average Bonchev–Trinajstić information content (AvgIpc) is 2.78. The molecule has 0 aliphatic carbocycles. The smallest absolute Gasteiger partial charge is 0.406 e. The summed E-state index contributed by atoms with van der Waals surface area (Å²) in [7, 11) is 1.73. The molecule has 1 aliphatic rings. The third kappa shape index (κ3) is 3.90. The molecule has 0 radical (unpaired) electrons. The van der Waals surface area contributed by atoms with Crippen LogP contribution in [0.4, 0.5) is 18.9 Å². The molecule has 4 nitrogen and oxygen atoms in total. The van der Waals surface area contributed by atoms with E-state index in [4.69, 9.17) is 4.74 Å². The van der Waals surface area contributed by atoms with Crippen LogP contribution in [0, 0.1) is 0 Å². The summed E-state index contributed by atoms with van der Waals surface area (Å²) >= 11 is 0. The van der Waals surface area contributed by atoms with Gasteiger partial charge in [-0.25, -0.2) is 0 Å². The summed E-state index contributed by atoms with van der Waals surface area (Å²) in [6, 6.07) is 6.19. The summed E-state index contributed by atoms with van der Waals surface area (Å²) in [5, 5.41) is 0.822. The van der Waals surface area contributed by atoms with Crippen molar-refractivity contribution in [2.24, 2.45) is 0 Å². The Hall–Kier alpha value is -2.02. The summed E-state index contributed by atoms with van der Waals surface area (Å²) < 4.78 is 46.5. The minimum absolute atomic E-state index is 0.255. The molecule has 1 aromatic carbocycles. The quantitative estimate of drug-likeness (QED) is 0.841. The molecule has 24 heavy (non-hydrogen) atoms. The molecule has 0 spiro atoms. The summed E-state index contributed by atoms with van der Waals surface area (Å²) in [4.78, 5) is 6.43. The fourth-order valence-corrected chi connectivity index (χ4v) is 3.13. The van der Waals surface area contributed by atoms with Crippen LogP contribution in [0.1, 0.15) is 19.3 Å². The molecule has 7 heteroatoms. The van der Waals surface area contributed by atoms with Crippen LogP contribution in [0.2, 0.25) is 0 Å². The summed E-state index contributed by atoms with van der Waals surface area (Å²) in [6.07, 6.45) is 0.126. The van der Waals surface area contributed by atoms with Crippen molar-refractivity contribution in [2.45, 2.75) is 31.7 Å². The maximum absolute atomic E-state index is 12.4. The molecule has 1 atom stereocenters. The van der Waals surface area contributed by atoms with Crippen molar-refractivity contribution in [3.05, 3.63) is 30.5 Å². The second kappa shape index (κ2) is 6.84. The number of fused-ring (bicyclic) bond motifs is 1. The fraction of sp³-hybridized carbons (Fsp3) is 0.471. The Morgan fingerprint density at radius 2 is 2.00 bits per heavy atom. The number of anilines is 1. The van der Waals surface area contributed by atoms with E-state index in [1.54, 1.807) is 19.4 Å². The predicted octanol–water partition coefficient (Wildman–Crippen LogP) is 4.14. The van der Waals surface area contributed by atoms with Gasteiger partial charge < -0.3 is 14.4 Å². The van der Waals surface area contributed by atoms with Gasteiger partial charge in [0.1, 0.15) is 5.75 Å². The van der Waals surface area contributed by atoms with Crippen LogP contribution in [-0.4, -0.2) is 37.6 Å². The maximum Gasteiger partial charge on any atom is 0.573 e. The zero-order valence-corrected chi connectivity index (χ0v) is 13.3. The van der Waals surface area contributed by atoms with Crippen LogP contribution in [0.25, 0.3) is 10.9 Å². The lowest BCUT2D eigenvalue weighted by molar-refractivity contribution is -0.274. The molecule has 1 fully saturated rings. The molecule has 1 aromatic heterocycles. The van der Waals surface area contributed by atoms with Gasteiger partial charge in [-0.3, -0.25) is 4.98 Å². The van der Waals surface area contributed by atoms with Gasteiger partial charge in [0, 0.05) is 43.5 Å². The van der Waals surface area contributed by atoms with E-state index < -0.39 is 6.36 Å². The number of nitrogens with zero attached hydrogens (tertiary/aromatic N) is 2. The zero-order valence-electron chi connectivity index (χ0n) is 13.3. The normalized spacial score (nSPS) is 19.3. The van der Waals surface area contributed by atoms with Gasteiger partial charge in [0.2, 0.25) is 0 Å². The van der Waals surface area contributed by atoms with Gasteiger partial charge in [0.15, 0.2) is 0 Å². The summed E-state index contributed by atoms with van der Waals surface area (Å²) in [6.45, 7) is 1.73. The molecule has 0 N–H and O–H groups in total. The molecule has 2 heterocycles. The summed E-state index contributed by atoms with van der Waals surface area (Å²) in [5.41, 5.74) is 1.47. The Morgan fingerprint density at radius 1 is 1.17 bits per heavy atom. The minimum Gasteiger partial charge on any atom is -0.406 e. The number of halogens is 3. The first kappa shape index (κ1) is 16.8. The highest BCUT2D eigenvalue weighted by Gasteiger charge is 2.31. The van der Waals surface area contributed by atoms with Crippen LogP contribution >= 0.6 is 0 Å². The number of rotatable bonds is 3. The van der Waals surface area contributed by atoms with Gasteiger partial charge in [-0.1, -0.05) is 0 Å². The van der Waals surface area contributed by atoms with Crippen molar-refractivity contribution >= 4 is 16.6 Å². The Balaban J connectivity index is 1.89. The van der Waals surface area contributed by atoms with Crippen molar-refractivity contribution in [2.75, 3.05) is 25.1 Å². The van der Waals surface area contributed by atoms with E-state index >= 15 is 0 Å². The molecule has 3 rings (SSSR count). The van der Waals surface area contributed by atoms with Gasteiger partial charge in [-0.15, -0.1) is 13.2 Å². The van der Waals surface area contributed by atoms with Crippen LogP contribution < -0.4 is 9.64 Å². The topological polar surface area (TPSA) is 34.6 Å². The highest BCUT2D eigenvalue weighted by molar-refractivity contribution is 5.92. The van der Waals surface area contributed by atoms with Gasteiger partial charge >= 0.3 is 6.36 Å². The van der Waals surface area contributed by atoms with E-state index in [1.165, 1.54) is 12.1 Å². The van der Waals surface area contributed by atoms with E-state index in [1.807, 2.05) is 6.07 Å². The standard InChI is InChI=1S/C17H19F3N2O2/c1-23-12-3-2-9-22(10-7-12)16-6-8-21-15-11-13(4-5-14(15)16)24-17(18,19)20/h4-6,8,11-12H,2-3,7,9-10H2,1H3. The minimum atomic E-state index is -4.70. The van der Waals surface area contributed by atoms with Crippen molar-refractivity contribution in [3.63, 3.8) is 0 Å². The van der Waals surface area contributed by atoms with E-state index in [-0.39, 0.29) is 11.9 Å². The van der Waals surface area contributed by atoms with Crippen molar-refractivity contribution in [3.8, 4) is 5.75 Å². The number of hydrogen-bond donors (Lipinski definition) is 0. The number of pyridine rings is 1. The van der Waals surface area contributed by atoms with Gasteiger partial charge in [0.05, 0.1) is 11.6 Å². The van der Waals surface area contributed by atoms with Crippen LogP contribution in [0.5, 0.6) is 5.75 Å². The number of hydrogen-bond acceptors (Lipinski definition) is 4. The highest BCUT2D eigenvalue weighted by atomic mass is 19.4. The second-order valence-electron chi connectivity index (χ2n) is 5.83. The lowest BCUT2D eigenvalue weighted by Gasteiger charge is -2.24. The van der Waals surface area contributed by atoms with E-state index in [2.05, 4.69) is 14.6 Å². The first-order chi connectivity index (χ1) is 11.5. The third-order valence-electron chi connectivity index (χ3n) is 4.27. The molecule has 0 amide bonds. The molecular formula is C17H19F3N2O2. The van der Waals surface area contributed by atoms with Crippen molar-refractivity contribution < 1.29 is 22.6 Å². The Labute approximate surface area is 138 Å². The second-order valence-corrected chi connectivity index (χ2v) is 5.83. The van der Waals surface area contributed by atoms with Gasteiger partial charge in [0.25, 0.3) is 0 Å². The average molecular weight is 340 g/mol. The lowest BCUT2D eigenvalue weighted by Crippen LogP contribution is -2.25. The Morgan fingerprint density at radius 3 is 2.75 bits per heavy atom. The van der Waals surface area contributed by atoms with Crippen molar-refractivity contribution in [1.82, 2.24) is 4.98 Å². The number of methoxy groups -OCH3 is 1. The monoisotopic (exact) mass is 340 g/mol. The predicted molar refractivity (Wildman–Crippen MR) is 85.3 cm³/mol. The maximum atomic E-state index is 12.4. The zero-order chi connectivity index (χ0) is 17.2. The molecule has 1 saturated heterocycles. The lowest BCUT2D eigenvalue weighted by atomic mass is 10.1. The Bertz CT molecular complexity index is 706. The number of aromatic nitrogens is 1.